The first kappa shape index (κ1) is 16.2. The summed E-state index contributed by atoms with van der Waals surface area (Å²) in [6.45, 7) is 1.63. The Morgan fingerprint density at radius 1 is 1.29 bits per heavy atom. The van der Waals surface area contributed by atoms with E-state index in [4.69, 9.17) is 0 Å². The normalized spacial score (nSPS) is 22.2. The molecule has 3 heterocycles. The maximum atomic E-state index is 12.8. The molecule has 2 aromatic rings. The molecule has 0 spiro atoms. The van der Waals surface area contributed by atoms with Crippen LogP contribution in [0.4, 0.5) is 0 Å². The fourth-order valence-corrected chi connectivity index (χ4v) is 6.28. The van der Waals surface area contributed by atoms with Gasteiger partial charge < -0.3 is 4.57 Å². The smallest absolute Gasteiger partial charge is 0.252 e. The van der Waals surface area contributed by atoms with Crippen molar-refractivity contribution >= 4 is 21.4 Å². The Bertz CT molecular complexity index is 781. The molecule has 2 fully saturated rings. The van der Waals surface area contributed by atoms with Gasteiger partial charge in [-0.15, -0.1) is 21.5 Å². The fourth-order valence-electron chi connectivity index (χ4n) is 3.44. The molecule has 0 bridgehead atoms. The molecule has 1 aliphatic carbocycles. The van der Waals surface area contributed by atoms with E-state index < -0.39 is 10.0 Å². The molecule has 1 saturated heterocycles. The summed E-state index contributed by atoms with van der Waals surface area (Å²) in [6.07, 6.45) is 7.87. The molecule has 8 heteroatoms. The van der Waals surface area contributed by atoms with E-state index in [1.54, 1.807) is 16.4 Å². The molecular weight excluding hydrogens is 344 g/mol. The Hall–Kier alpha value is -1.25. The Balaban J connectivity index is 1.43. The van der Waals surface area contributed by atoms with Crippen molar-refractivity contribution in [1.82, 2.24) is 19.1 Å². The number of sulfonamides is 1. The van der Waals surface area contributed by atoms with E-state index in [1.165, 1.54) is 24.2 Å². The molecule has 0 radical (unpaired) electrons. The minimum absolute atomic E-state index is 0.0724. The van der Waals surface area contributed by atoms with Crippen molar-refractivity contribution < 1.29 is 8.42 Å². The van der Waals surface area contributed by atoms with Gasteiger partial charge in [0, 0.05) is 25.6 Å². The third-order valence-corrected chi connectivity index (χ3v) is 8.25. The van der Waals surface area contributed by atoms with Gasteiger partial charge in [0.2, 0.25) is 0 Å². The third kappa shape index (κ3) is 3.27. The highest BCUT2D eigenvalue weighted by atomic mass is 32.2. The Labute approximate surface area is 146 Å². The number of nitrogens with zero attached hydrogens (tertiary/aromatic N) is 4. The standard InChI is InChI=1S/C16H22N4O2S2/c21-24(22,16-4-2-10-23-16)20-9-1-3-14(20)7-8-15-18-17-12-19(15)11-13-5-6-13/h2,4,10,12-14H,1,3,5-9,11H2. The van der Waals surface area contributed by atoms with Crippen LogP contribution >= 0.6 is 11.3 Å². The second-order valence-electron chi connectivity index (χ2n) is 6.73. The summed E-state index contributed by atoms with van der Waals surface area (Å²) in [4.78, 5) is 0. The van der Waals surface area contributed by atoms with Crippen molar-refractivity contribution in [3.63, 3.8) is 0 Å². The Morgan fingerprint density at radius 2 is 2.17 bits per heavy atom. The predicted molar refractivity (Wildman–Crippen MR) is 92.3 cm³/mol. The van der Waals surface area contributed by atoms with E-state index >= 15 is 0 Å². The highest BCUT2D eigenvalue weighted by Gasteiger charge is 2.35. The summed E-state index contributed by atoms with van der Waals surface area (Å²) in [5.74, 6) is 1.77. The molecule has 4 rings (SSSR count). The Morgan fingerprint density at radius 3 is 2.92 bits per heavy atom. The van der Waals surface area contributed by atoms with Crippen LogP contribution in [0.5, 0.6) is 0 Å². The highest BCUT2D eigenvalue weighted by Crippen LogP contribution is 2.32. The fraction of sp³-hybridized carbons (Fsp3) is 0.625. The van der Waals surface area contributed by atoms with Crippen molar-refractivity contribution in [3.05, 3.63) is 29.7 Å². The van der Waals surface area contributed by atoms with Crippen LogP contribution < -0.4 is 0 Å². The molecule has 24 heavy (non-hydrogen) atoms. The van der Waals surface area contributed by atoms with E-state index in [0.717, 1.165) is 44.0 Å². The number of hydrogen-bond donors (Lipinski definition) is 0. The van der Waals surface area contributed by atoms with E-state index in [9.17, 15) is 8.42 Å². The van der Waals surface area contributed by atoms with Crippen molar-refractivity contribution in [2.75, 3.05) is 6.54 Å². The van der Waals surface area contributed by atoms with Crippen LogP contribution in [-0.4, -0.2) is 40.1 Å². The van der Waals surface area contributed by atoms with Crippen molar-refractivity contribution in [2.45, 2.75) is 55.3 Å². The maximum Gasteiger partial charge on any atom is 0.252 e. The first-order chi connectivity index (χ1) is 11.6. The van der Waals surface area contributed by atoms with Crippen molar-refractivity contribution in [2.24, 2.45) is 5.92 Å². The van der Waals surface area contributed by atoms with E-state index in [0.29, 0.717) is 10.8 Å². The van der Waals surface area contributed by atoms with Gasteiger partial charge in [0.1, 0.15) is 16.4 Å². The van der Waals surface area contributed by atoms with Crippen LogP contribution in [0.15, 0.2) is 28.0 Å². The largest absolute Gasteiger partial charge is 0.317 e. The van der Waals surface area contributed by atoms with Gasteiger partial charge in [0.05, 0.1) is 0 Å². The average Bonchev–Trinajstić information content (AvgIpc) is 3.04. The van der Waals surface area contributed by atoms with Gasteiger partial charge in [-0.2, -0.15) is 4.31 Å². The molecule has 1 unspecified atom stereocenters. The van der Waals surface area contributed by atoms with E-state index in [1.807, 2.05) is 11.7 Å². The number of rotatable bonds is 7. The second-order valence-corrected chi connectivity index (χ2v) is 9.79. The molecule has 2 aromatic heterocycles. The van der Waals surface area contributed by atoms with Gasteiger partial charge in [-0.05, 0) is 49.5 Å². The summed E-state index contributed by atoms with van der Waals surface area (Å²) >= 11 is 1.29. The zero-order chi connectivity index (χ0) is 16.6. The average molecular weight is 367 g/mol. The zero-order valence-electron chi connectivity index (χ0n) is 13.5. The lowest BCUT2D eigenvalue weighted by atomic mass is 10.1. The molecule has 130 valence electrons. The number of aryl methyl sites for hydroxylation is 1. The molecular formula is C16H22N4O2S2. The third-order valence-electron chi connectivity index (χ3n) is 4.93. The monoisotopic (exact) mass is 366 g/mol. The lowest BCUT2D eigenvalue weighted by Gasteiger charge is -2.23. The summed E-state index contributed by atoms with van der Waals surface area (Å²) in [5, 5.41) is 10.1. The maximum absolute atomic E-state index is 12.8. The van der Waals surface area contributed by atoms with Gasteiger partial charge in [0.15, 0.2) is 0 Å². The topological polar surface area (TPSA) is 68.1 Å². The highest BCUT2D eigenvalue weighted by molar-refractivity contribution is 7.91. The zero-order valence-corrected chi connectivity index (χ0v) is 15.2. The summed E-state index contributed by atoms with van der Waals surface area (Å²) in [6, 6.07) is 3.56. The lowest BCUT2D eigenvalue weighted by Crippen LogP contribution is -2.35. The van der Waals surface area contributed by atoms with Crippen LogP contribution in [-0.2, 0) is 23.0 Å². The quantitative estimate of drug-likeness (QED) is 0.755. The van der Waals surface area contributed by atoms with Gasteiger partial charge in [0.25, 0.3) is 10.0 Å². The van der Waals surface area contributed by atoms with E-state index in [-0.39, 0.29) is 6.04 Å². The minimum atomic E-state index is -3.35. The van der Waals surface area contributed by atoms with Crippen LogP contribution in [0, 0.1) is 5.92 Å². The second kappa shape index (κ2) is 6.57. The van der Waals surface area contributed by atoms with Crippen molar-refractivity contribution in [3.8, 4) is 0 Å². The van der Waals surface area contributed by atoms with Gasteiger partial charge in [-0.3, -0.25) is 0 Å². The molecule has 6 nitrogen and oxygen atoms in total. The van der Waals surface area contributed by atoms with Crippen LogP contribution in [0.3, 0.4) is 0 Å². The van der Waals surface area contributed by atoms with Gasteiger partial charge >= 0.3 is 0 Å². The molecule has 1 aliphatic heterocycles. The molecule has 0 amide bonds. The van der Waals surface area contributed by atoms with Gasteiger partial charge in [-0.1, -0.05) is 6.07 Å². The number of hydrogen-bond acceptors (Lipinski definition) is 5. The van der Waals surface area contributed by atoms with Gasteiger partial charge in [-0.25, -0.2) is 8.42 Å². The van der Waals surface area contributed by atoms with Crippen LogP contribution in [0.1, 0.15) is 37.9 Å². The summed E-state index contributed by atoms with van der Waals surface area (Å²) in [5.41, 5.74) is 0. The van der Waals surface area contributed by atoms with Crippen LogP contribution in [0.25, 0.3) is 0 Å². The summed E-state index contributed by atoms with van der Waals surface area (Å²) < 4.78 is 29.9. The minimum Gasteiger partial charge on any atom is -0.317 e. The molecule has 1 saturated carbocycles. The predicted octanol–water partition coefficient (Wildman–Crippen LogP) is 2.54. The first-order valence-electron chi connectivity index (χ1n) is 8.56. The van der Waals surface area contributed by atoms with Crippen LogP contribution in [0.2, 0.25) is 0 Å². The SMILES string of the molecule is O=S(=O)(c1cccs1)N1CCCC1CCc1nncn1CC1CC1. The number of thiophene rings is 1. The first-order valence-corrected chi connectivity index (χ1v) is 10.9. The van der Waals surface area contributed by atoms with Crippen molar-refractivity contribution in [1.29, 1.82) is 0 Å². The molecule has 2 aliphatic rings. The molecule has 0 aromatic carbocycles. The molecule has 1 atom stereocenters. The lowest BCUT2D eigenvalue weighted by molar-refractivity contribution is 0.367. The van der Waals surface area contributed by atoms with E-state index in [2.05, 4.69) is 14.8 Å². The Kier molecular flexibility index (Phi) is 4.44. The number of aromatic nitrogens is 3. The molecule has 0 N–H and O–H groups in total. The summed E-state index contributed by atoms with van der Waals surface area (Å²) in [7, 11) is -3.35.